The van der Waals surface area contributed by atoms with Gasteiger partial charge in [-0.05, 0) is 117 Å². The van der Waals surface area contributed by atoms with Gasteiger partial charge < -0.3 is 28.9 Å². The van der Waals surface area contributed by atoms with Gasteiger partial charge in [-0.15, -0.1) is 0 Å². The summed E-state index contributed by atoms with van der Waals surface area (Å²) in [7, 11) is 4.64. The van der Waals surface area contributed by atoms with Gasteiger partial charge in [-0.2, -0.15) is 27.5 Å². The maximum Gasteiger partial charge on any atom is 0.417 e. The maximum absolute atomic E-state index is 17.1. The van der Waals surface area contributed by atoms with Crippen LogP contribution in [0.5, 0.6) is 11.5 Å². The number of benzene rings is 3. The maximum atomic E-state index is 17.1. The molecule has 6 rings (SSSR count). The summed E-state index contributed by atoms with van der Waals surface area (Å²) < 4.78 is 94.7. The smallest absolute Gasteiger partial charge is 0.417 e. The molecule has 2 aromatic heterocycles. The average molecular weight is 919 g/mol. The van der Waals surface area contributed by atoms with Crippen LogP contribution in [0.3, 0.4) is 0 Å². The summed E-state index contributed by atoms with van der Waals surface area (Å²) in [6.45, 7) is 9.52. The van der Waals surface area contributed by atoms with Crippen LogP contribution in [0.2, 0.25) is 0 Å². The molecule has 0 N–H and O–H groups in total. The molecule has 10 nitrogen and oxygen atoms in total. The lowest BCUT2D eigenvalue weighted by molar-refractivity contribution is -0.137. The van der Waals surface area contributed by atoms with Gasteiger partial charge in [-0.1, -0.05) is 24.3 Å². The molecular weight excluding hydrogens is 874 g/mol. The molecule has 1 fully saturated rings. The molecule has 0 aliphatic carbocycles. The van der Waals surface area contributed by atoms with E-state index in [1.807, 2.05) is 51.8 Å². The Morgan fingerprint density at radius 3 is 2.00 bits per heavy atom. The number of halogens is 6. The van der Waals surface area contributed by atoms with Crippen molar-refractivity contribution in [2.45, 2.75) is 78.0 Å². The Kier molecular flexibility index (Phi) is 12.3. The van der Waals surface area contributed by atoms with Crippen molar-refractivity contribution < 1.29 is 41.0 Å². The first-order valence-electron chi connectivity index (χ1n) is 18.5. The molecule has 58 heavy (non-hydrogen) atoms. The highest BCUT2D eigenvalue weighted by atomic mass is 127. The van der Waals surface area contributed by atoms with E-state index in [0.29, 0.717) is 23.5 Å². The van der Waals surface area contributed by atoms with Crippen molar-refractivity contribution in [3.05, 3.63) is 98.4 Å². The number of pyridine rings is 1. The van der Waals surface area contributed by atoms with E-state index in [1.54, 1.807) is 79.2 Å². The number of nitrogens with zero attached hydrogens (tertiary/aromatic N) is 6. The van der Waals surface area contributed by atoms with E-state index in [9.17, 15) is 4.79 Å². The molecule has 3 aromatic carbocycles. The summed E-state index contributed by atoms with van der Waals surface area (Å²) >= 11 is 1.86. The quantitative estimate of drug-likeness (QED) is 0.0772. The van der Waals surface area contributed by atoms with Crippen LogP contribution >= 0.6 is 22.6 Å². The Morgan fingerprint density at radius 2 is 1.48 bits per heavy atom. The number of likely N-dealkylation sites (tertiary alicyclic amines) is 1. The number of hydrogen-bond acceptors (Lipinski definition) is 9. The molecule has 1 aliphatic rings. The highest BCUT2D eigenvalue weighted by Crippen LogP contribution is 2.45. The van der Waals surface area contributed by atoms with Crippen molar-refractivity contribution in [1.29, 1.82) is 0 Å². The van der Waals surface area contributed by atoms with Gasteiger partial charge in [0.25, 0.3) is 0 Å². The van der Waals surface area contributed by atoms with Crippen LogP contribution < -0.4 is 19.3 Å². The summed E-state index contributed by atoms with van der Waals surface area (Å²) in [6.07, 6.45) is -6.60. The second-order valence-corrected chi connectivity index (χ2v) is 16.3. The number of fused-ring (bicyclic) bond motifs is 1. The molecule has 16 heteroatoms. The highest BCUT2D eigenvalue weighted by Gasteiger charge is 2.41. The Balaban J connectivity index is 1.48. The number of rotatable bonds is 10. The second kappa shape index (κ2) is 16.7. The normalized spacial score (nSPS) is 15.8. The topological polar surface area (TPSA) is 93.2 Å². The van der Waals surface area contributed by atoms with Crippen molar-refractivity contribution in [3.8, 4) is 22.8 Å². The third-order valence-electron chi connectivity index (χ3n) is 10.1. The molecule has 2 atom stereocenters. The van der Waals surface area contributed by atoms with E-state index in [1.165, 1.54) is 16.8 Å². The number of methoxy groups -OCH3 is 2. The third kappa shape index (κ3) is 9.00. The van der Waals surface area contributed by atoms with E-state index in [4.69, 9.17) is 19.2 Å². The largest absolute Gasteiger partial charge is 0.497 e. The van der Waals surface area contributed by atoms with E-state index in [2.05, 4.69) is 9.97 Å². The predicted octanol–water partition coefficient (Wildman–Crippen LogP) is 9.96. The Labute approximate surface area is 347 Å². The molecule has 1 aliphatic heterocycles. The lowest BCUT2D eigenvalue weighted by Crippen LogP contribution is -2.45. The van der Waals surface area contributed by atoms with Crippen molar-refractivity contribution in [1.82, 2.24) is 19.9 Å². The Hall–Kier alpha value is -5.00. The zero-order valence-corrected chi connectivity index (χ0v) is 35.5. The van der Waals surface area contributed by atoms with Gasteiger partial charge in [0.15, 0.2) is 5.82 Å². The summed E-state index contributed by atoms with van der Waals surface area (Å²) in [5.74, 6) is -0.0603. The number of carbonyl (C=O) groups excluding carboxylic acids is 1. The molecule has 0 spiro atoms. The zero-order chi connectivity index (χ0) is 42.3. The summed E-state index contributed by atoms with van der Waals surface area (Å²) in [4.78, 5) is 30.2. The number of aryl methyl sites for hydroxylation is 1. The van der Waals surface area contributed by atoms with Crippen LogP contribution in [-0.2, 0) is 24.0 Å². The molecule has 308 valence electrons. The molecule has 1 amide bonds. The van der Waals surface area contributed by atoms with Crippen molar-refractivity contribution >= 4 is 51.2 Å². The Morgan fingerprint density at radius 1 is 0.914 bits per heavy atom. The molecule has 1 saturated heterocycles. The lowest BCUT2D eigenvalue weighted by atomic mass is 9.98. The van der Waals surface area contributed by atoms with Gasteiger partial charge in [0.2, 0.25) is 0 Å². The molecule has 0 unspecified atom stereocenters. The summed E-state index contributed by atoms with van der Waals surface area (Å²) in [5.41, 5.74) is -1.60. The summed E-state index contributed by atoms with van der Waals surface area (Å²) in [6, 6.07) is 16.2. The van der Waals surface area contributed by atoms with Gasteiger partial charge in [-0.25, -0.2) is 14.2 Å². The summed E-state index contributed by atoms with van der Waals surface area (Å²) in [5, 5.41) is -0.344. The number of anilines is 2. The average Bonchev–Trinajstić information content (AvgIpc) is 3.56. The van der Waals surface area contributed by atoms with Crippen LogP contribution in [0.25, 0.3) is 22.2 Å². The minimum atomic E-state index is -5.08. The minimum absolute atomic E-state index is 0.251. The molecule has 3 heterocycles. The number of amides is 1. The number of likely N-dealkylation sites (N-methyl/N-ethyl adjacent to an activating group) is 1. The van der Waals surface area contributed by atoms with Crippen LogP contribution in [0.4, 0.5) is 38.4 Å². The molecule has 0 bridgehead atoms. The standard InChI is InChI=1S/C42H44F5IN6O4/c1-23-19-32(53(21-25-9-13-27(56-7)14-10-25)22-26-11-15-28(57-8)16-12-26)49-37(35(23)48)33-30(42(45,46)47)20-29-36(34(33)43)50-39(44)51-38(29)52(6)31-17-18-54(24(31)2)40(55)58-41(3,4)5/h9-16,19-20,24,31H,17-18,21-22H2,1-8H3/t24-,31-/m1/s1. The first kappa shape index (κ1) is 42.6. The zero-order valence-electron chi connectivity index (χ0n) is 33.3. The fraction of sp³-hybridized carbons (Fsp3) is 0.381. The van der Waals surface area contributed by atoms with E-state index >= 15 is 22.0 Å². The lowest BCUT2D eigenvalue weighted by Gasteiger charge is -2.33. The van der Waals surface area contributed by atoms with Gasteiger partial charge >= 0.3 is 18.3 Å². The number of aromatic nitrogens is 3. The number of ether oxygens (including phenoxy) is 3. The predicted molar refractivity (Wildman–Crippen MR) is 220 cm³/mol. The first-order valence-corrected chi connectivity index (χ1v) is 19.5. The van der Waals surface area contributed by atoms with Gasteiger partial charge in [-0.3, -0.25) is 0 Å². The molecule has 0 radical (unpaired) electrons. The molecule has 5 aromatic rings. The minimum Gasteiger partial charge on any atom is -0.497 e. The first-order chi connectivity index (χ1) is 27.3. The van der Waals surface area contributed by atoms with Gasteiger partial charge in [0, 0.05) is 35.6 Å². The van der Waals surface area contributed by atoms with E-state index < -0.39 is 58.5 Å². The Bertz CT molecular complexity index is 2260. The molecular formula is C42H44F5IN6O4. The fourth-order valence-corrected chi connectivity index (χ4v) is 7.72. The number of hydrogen-bond donors (Lipinski definition) is 0. The molecule has 0 saturated carbocycles. The van der Waals surface area contributed by atoms with Crippen LogP contribution in [0, 0.1) is 22.4 Å². The van der Waals surface area contributed by atoms with Crippen molar-refractivity contribution in [3.63, 3.8) is 0 Å². The van der Waals surface area contributed by atoms with E-state index in [0.717, 1.165) is 17.2 Å². The highest BCUT2D eigenvalue weighted by molar-refractivity contribution is 14.1. The number of alkyl halides is 3. The monoisotopic (exact) mass is 918 g/mol. The van der Waals surface area contributed by atoms with Gasteiger partial charge in [0.05, 0.1) is 43.1 Å². The van der Waals surface area contributed by atoms with E-state index in [-0.39, 0.29) is 45.9 Å². The van der Waals surface area contributed by atoms with Crippen LogP contribution in [0.15, 0.2) is 60.7 Å². The second-order valence-electron chi connectivity index (χ2n) is 15.2. The van der Waals surface area contributed by atoms with Crippen LogP contribution in [-0.4, -0.2) is 71.4 Å². The third-order valence-corrected chi connectivity index (χ3v) is 11.5. The fourth-order valence-electron chi connectivity index (χ4n) is 7.17. The van der Waals surface area contributed by atoms with Crippen molar-refractivity contribution in [2.75, 3.05) is 37.6 Å². The van der Waals surface area contributed by atoms with Crippen molar-refractivity contribution in [2.24, 2.45) is 0 Å². The van der Waals surface area contributed by atoms with Crippen LogP contribution in [0.1, 0.15) is 56.4 Å². The number of carbonyl (C=O) groups is 1. The van der Waals surface area contributed by atoms with Gasteiger partial charge in [0.1, 0.15) is 34.3 Å². The SMILES string of the molecule is COc1ccc(CN(Cc2ccc(OC)cc2)c2cc(C)c(I)c(-c3c(C(F)(F)F)cc4c(N(C)[C@@H]5CCN(C(=O)OC(C)(C)C)[C@@H]5C)nc(F)nc4c3F)n2)cc1.